The lowest BCUT2D eigenvalue weighted by Crippen LogP contribution is -2.24. The number of carbonyl (C=O) groups is 1. The number of aromatic nitrogens is 3. The van der Waals surface area contributed by atoms with Crippen molar-refractivity contribution in [1.82, 2.24) is 20.1 Å². The molecule has 0 spiro atoms. The Labute approximate surface area is 217 Å². The minimum absolute atomic E-state index is 0.0562. The van der Waals surface area contributed by atoms with Gasteiger partial charge in [-0.15, -0.1) is 10.2 Å². The molecule has 1 unspecified atom stereocenters. The number of aryl methyl sites for hydroxylation is 1. The summed E-state index contributed by atoms with van der Waals surface area (Å²) in [4.78, 5) is 12.5. The molecule has 1 atom stereocenters. The highest BCUT2D eigenvalue weighted by Crippen LogP contribution is 2.28. The number of nitrogens with zero attached hydrogens (tertiary/aromatic N) is 3. The molecule has 186 valence electrons. The third kappa shape index (κ3) is 6.55. The van der Waals surface area contributed by atoms with Crippen molar-refractivity contribution in [3.8, 4) is 11.4 Å². The highest BCUT2D eigenvalue weighted by Gasteiger charge is 2.21. The van der Waals surface area contributed by atoms with Crippen LogP contribution in [0.25, 0.3) is 5.69 Å². The van der Waals surface area contributed by atoms with Crippen molar-refractivity contribution >= 4 is 17.7 Å². The van der Waals surface area contributed by atoms with Crippen LogP contribution in [-0.4, -0.2) is 26.4 Å². The maximum absolute atomic E-state index is 12.5. The molecule has 0 bridgehead atoms. The van der Waals surface area contributed by atoms with Crippen molar-refractivity contribution in [2.75, 3.05) is 5.75 Å². The molecule has 0 aliphatic carbocycles. The average molecular weight is 501 g/mol. The van der Waals surface area contributed by atoms with E-state index in [-0.39, 0.29) is 17.8 Å². The Balaban J connectivity index is 1.47. The van der Waals surface area contributed by atoms with Crippen LogP contribution < -0.4 is 10.1 Å². The Morgan fingerprint density at radius 3 is 2.31 bits per heavy atom. The number of ether oxygens (including phenoxy) is 1. The van der Waals surface area contributed by atoms with E-state index in [0.29, 0.717) is 23.4 Å². The number of hydrogen-bond acceptors (Lipinski definition) is 5. The van der Waals surface area contributed by atoms with E-state index in [0.717, 1.165) is 17.0 Å². The molecule has 0 aliphatic heterocycles. The van der Waals surface area contributed by atoms with E-state index in [2.05, 4.69) is 41.5 Å². The maximum Gasteiger partial charge on any atom is 0.230 e. The van der Waals surface area contributed by atoms with E-state index in [4.69, 9.17) is 4.74 Å². The number of carbonyl (C=O) groups excluding carboxylic acids is 1. The summed E-state index contributed by atoms with van der Waals surface area (Å²) in [6.07, 6.45) is -0.340. The van der Waals surface area contributed by atoms with Crippen molar-refractivity contribution in [3.63, 3.8) is 0 Å². The lowest BCUT2D eigenvalue weighted by Gasteiger charge is -2.17. The normalized spacial score (nSPS) is 11.9. The molecule has 0 aliphatic rings. The van der Waals surface area contributed by atoms with Crippen LogP contribution in [0.2, 0.25) is 0 Å². The molecule has 0 saturated carbocycles. The van der Waals surface area contributed by atoms with Crippen molar-refractivity contribution in [1.29, 1.82) is 0 Å². The number of rotatable bonds is 10. The Bertz CT molecular complexity index is 1270. The van der Waals surface area contributed by atoms with Crippen LogP contribution in [0.4, 0.5) is 0 Å². The molecular formula is C29H32N4O2S. The first-order valence-electron chi connectivity index (χ1n) is 12.1. The van der Waals surface area contributed by atoms with Gasteiger partial charge >= 0.3 is 0 Å². The topological polar surface area (TPSA) is 69.0 Å². The summed E-state index contributed by atoms with van der Waals surface area (Å²) in [5.41, 5.74) is 4.45. The quantitative estimate of drug-likeness (QED) is 0.261. The van der Waals surface area contributed by atoms with Gasteiger partial charge in [0.1, 0.15) is 5.75 Å². The van der Waals surface area contributed by atoms with Crippen LogP contribution >= 0.6 is 11.8 Å². The molecule has 0 fully saturated rings. The summed E-state index contributed by atoms with van der Waals surface area (Å²) < 4.78 is 8.18. The summed E-state index contributed by atoms with van der Waals surface area (Å²) in [5.74, 6) is 2.10. The van der Waals surface area contributed by atoms with Crippen LogP contribution in [0.1, 0.15) is 55.3 Å². The van der Waals surface area contributed by atoms with E-state index < -0.39 is 0 Å². The minimum atomic E-state index is -0.340. The number of nitrogens with one attached hydrogen (secondary N) is 1. The van der Waals surface area contributed by atoms with E-state index in [9.17, 15) is 4.79 Å². The highest BCUT2D eigenvalue weighted by molar-refractivity contribution is 7.99. The highest BCUT2D eigenvalue weighted by atomic mass is 32.2. The molecule has 4 rings (SSSR count). The molecule has 1 amide bonds. The standard InChI is InChI=1S/C29H32N4O2S/c1-20(2)24-14-16-26(17-15-24)35-22(4)28-31-32-29(33(28)25-8-6-5-7-9-25)36-19-27(34)30-18-23-12-10-21(3)11-13-23/h5-17,20,22H,18-19H2,1-4H3,(H,30,34). The van der Waals surface area contributed by atoms with Crippen LogP contribution in [0.15, 0.2) is 84.0 Å². The van der Waals surface area contributed by atoms with Gasteiger partial charge in [0.05, 0.1) is 5.75 Å². The largest absolute Gasteiger partial charge is 0.483 e. The summed E-state index contributed by atoms with van der Waals surface area (Å²) in [7, 11) is 0. The fourth-order valence-corrected chi connectivity index (χ4v) is 4.52. The molecule has 36 heavy (non-hydrogen) atoms. The van der Waals surface area contributed by atoms with Gasteiger partial charge in [0, 0.05) is 12.2 Å². The molecule has 4 aromatic rings. The zero-order valence-electron chi connectivity index (χ0n) is 21.1. The monoisotopic (exact) mass is 500 g/mol. The van der Waals surface area contributed by atoms with Gasteiger partial charge in [0.2, 0.25) is 5.91 Å². The van der Waals surface area contributed by atoms with Crippen LogP contribution in [0, 0.1) is 6.92 Å². The van der Waals surface area contributed by atoms with Gasteiger partial charge in [-0.2, -0.15) is 0 Å². The molecule has 0 radical (unpaired) electrons. The first kappa shape index (κ1) is 25.5. The van der Waals surface area contributed by atoms with Gasteiger partial charge in [0.15, 0.2) is 17.1 Å². The van der Waals surface area contributed by atoms with Gasteiger partial charge in [-0.1, -0.05) is 85.8 Å². The van der Waals surface area contributed by atoms with Gasteiger partial charge < -0.3 is 10.1 Å². The summed E-state index contributed by atoms with van der Waals surface area (Å²) in [6.45, 7) is 8.84. The smallest absolute Gasteiger partial charge is 0.230 e. The fraction of sp³-hybridized carbons (Fsp3) is 0.276. The Morgan fingerprint density at radius 1 is 0.944 bits per heavy atom. The zero-order chi connectivity index (χ0) is 25.5. The van der Waals surface area contributed by atoms with Crippen molar-refractivity contribution in [3.05, 3.63) is 101 Å². The predicted octanol–water partition coefficient (Wildman–Crippen LogP) is 6.25. The number of thioether (sulfide) groups is 1. The SMILES string of the molecule is Cc1ccc(CNC(=O)CSc2nnc(C(C)Oc3ccc(C(C)C)cc3)n2-c2ccccc2)cc1. The third-order valence-electron chi connectivity index (χ3n) is 5.84. The molecule has 6 nitrogen and oxygen atoms in total. The second kappa shape index (κ2) is 11.9. The van der Waals surface area contributed by atoms with Crippen molar-refractivity contribution in [2.45, 2.75) is 51.4 Å². The van der Waals surface area contributed by atoms with Crippen LogP contribution in [-0.2, 0) is 11.3 Å². The number of hydrogen-bond donors (Lipinski definition) is 1. The molecule has 1 N–H and O–H groups in total. The first-order chi connectivity index (χ1) is 17.4. The minimum Gasteiger partial charge on any atom is -0.483 e. The summed E-state index contributed by atoms with van der Waals surface area (Å²) in [5, 5.41) is 12.5. The summed E-state index contributed by atoms with van der Waals surface area (Å²) >= 11 is 1.36. The van der Waals surface area contributed by atoms with Gasteiger partial charge in [-0.3, -0.25) is 9.36 Å². The molecule has 1 aromatic heterocycles. The van der Waals surface area contributed by atoms with E-state index in [1.807, 2.05) is 85.1 Å². The Kier molecular flexibility index (Phi) is 8.44. The molecule has 1 heterocycles. The van der Waals surface area contributed by atoms with E-state index in [1.54, 1.807) is 0 Å². The number of benzene rings is 3. The maximum atomic E-state index is 12.5. The third-order valence-corrected chi connectivity index (χ3v) is 6.77. The van der Waals surface area contributed by atoms with E-state index >= 15 is 0 Å². The van der Waals surface area contributed by atoms with Crippen LogP contribution in [0.5, 0.6) is 5.75 Å². The fourth-order valence-electron chi connectivity index (χ4n) is 3.73. The first-order valence-corrected chi connectivity index (χ1v) is 13.1. The van der Waals surface area contributed by atoms with Crippen molar-refractivity contribution in [2.24, 2.45) is 0 Å². The zero-order valence-corrected chi connectivity index (χ0v) is 22.0. The second-order valence-corrected chi connectivity index (χ2v) is 9.99. The van der Waals surface area contributed by atoms with Gasteiger partial charge in [-0.05, 0) is 55.2 Å². The Morgan fingerprint density at radius 2 is 1.64 bits per heavy atom. The predicted molar refractivity (Wildman–Crippen MR) is 145 cm³/mol. The van der Waals surface area contributed by atoms with E-state index in [1.165, 1.54) is 22.9 Å². The van der Waals surface area contributed by atoms with Crippen LogP contribution in [0.3, 0.4) is 0 Å². The molecule has 7 heteroatoms. The summed E-state index contributed by atoms with van der Waals surface area (Å²) in [6, 6.07) is 26.2. The number of para-hydroxylation sites is 1. The molecule has 3 aromatic carbocycles. The lowest BCUT2D eigenvalue weighted by atomic mass is 10.0. The average Bonchev–Trinajstić information content (AvgIpc) is 3.32. The van der Waals surface area contributed by atoms with Crippen molar-refractivity contribution < 1.29 is 9.53 Å². The lowest BCUT2D eigenvalue weighted by molar-refractivity contribution is -0.118. The van der Waals surface area contributed by atoms with Gasteiger partial charge in [0.25, 0.3) is 0 Å². The second-order valence-electron chi connectivity index (χ2n) is 9.05. The molecule has 0 saturated heterocycles. The van der Waals surface area contributed by atoms with Gasteiger partial charge in [-0.25, -0.2) is 0 Å². The Hall–Kier alpha value is -3.58. The molecular weight excluding hydrogens is 468 g/mol. The number of amides is 1.